The Balaban J connectivity index is 1.16. The Morgan fingerprint density at radius 1 is 0.968 bits per heavy atom. The van der Waals surface area contributed by atoms with Crippen LogP contribution in [0.5, 0.6) is 0 Å². The van der Waals surface area contributed by atoms with Gasteiger partial charge in [-0.1, -0.05) is 37.3 Å². The van der Waals surface area contributed by atoms with Gasteiger partial charge in [-0.2, -0.15) is 0 Å². The number of aromatic nitrogens is 1. The lowest BCUT2D eigenvalue weighted by Crippen LogP contribution is -2.49. The predicted octanol–water partition coefficient (Wildman–Crippen LogP) is 3.64. The minimum absolute atomic E-state index is 0.152. The average molecular weight is 421 g/mol. The molecule has 5 nitrogen and oxygen atoms in total. The predicted molar refractivity (Wildman–Crippen MR) is 124 cm³/mol. The van der Waals surface area contributed by atoms with Crippen LogP contribution < -0.4 is 5.32 Å². The van der Waals surface area contributed by atoms with Crippen LogP contribution in [0, 0.1) is 5.92 Å². The largest absolute Gasteiger partial charge is 0.352 e. The molecule has 166 valence electrons. The van der Waals surface area contributed by atoms with Crippen LogP contribution in [0.3, 0.4) is 0 Å². The fourth-order valence-electron chi connectivity index (χ4n) is 4.94. The normalized spacial score (nSPS) is 19.4. The van der Waals surface area contributed by atoms with Gasteiger partial charge < -0.3 is 10.2 Å². The minimum Gasteiger partial charge on any atom is -0.352 e. The summed E-state index contributed by atoms with van der Waals surface area (Å²) in [5.74, 6) is 0.353. The van der Waals surface area contributed by atoms with Crippen LogP contribution in [0.1, 0.15) is 49.3 Å². The SMILES string of the molecule is CCc1ccc(CN2CCC(N3CCC(C(=O)NCc4cccnc4)CC3)CC2)cc1. The molecular formula is C26H36N4O. The standard InChI is InChI=1S/C26H36N4O/c1-2-21-5-7-22(8-6-21)20-29-14-11-25(12-15-29)30-16-9-24(10-17-30)26(31)28-19-23-4-3-13-27-18-23/h3-8,13,18,24-25H,2,9-12,14-17,19-20H2,1H3,(H,28,31). The van der Waals surface area contributed by atoms with Crippen LogP contribution in [0.25, 0.3) is 0 Å². The second-order valence-corrected chi connectivity index (χ2v) is 9.07. The summed E-state index contributed by atoms with van der Waals surface area (Å²) in [5.41, 5.74) is 3.90. The van der Waals surface area contributed by atoms with E-state index in [4.69, 9.17) is 0 Å². The number of benzene rings is 1. The molecule has 31 heavy (non-hydrogen) atoms. The summed E-state index contributed by atoms with van der Waals surface area (Å²) in [6.07, 6.45) is 9.11. The van der Waals surface area contributed by atoms with E-state index >= 15 is 0 Å². The van der Waals surface area contributed by atoms with Crippen molar-refractivity contribution in [3.05, 3.63) is 65.5 Å². The molecule has 0 atom stereocenters. The van der Waals surface area contributed by atoms with Crippen molar-refractivity contribution in [1.29, 1.82) is 0 Å². The van der Waals surface area contributed by atoms with E-state index in [1.807, 2.05) is 18.3 Å². The third kappa shape index (κ3) is 6.14. The summed E-state index contributed by atoms with van der Waals surface area (Å²) in [6, 6.07) is 13.7. The zero-order valence-corrected chi connectivity index (χ0v) is 18.8. The van der Waals surface area contributed by atoms with E-state index in [-0.39, 0.29) is 11.8 Å². The minimum atomic E-state index is 0.152. The molecule has 2 fully saturated rings. The van der Waals surface area contributed by atoms with Gasteiger partial charge in [0.25, 0.3) is 0 Å². The molecule has 0 saturated carbocycles. The van der Waals surface area contributed by atoms with Crippen LogP contribution >= 0.6 is 0 Å². The van der Waals surface area contributed by atoms with Gasteiger partial charge in [0.1, 0.15) is 0 Å². The van der Waals surface area contributed by atoms with Crippen LogP contribution in [0.4, 0.5) is 0 Å². The Hall–Kier alpha value is -2.24. The molecular weight excluding hydrogens is 384 g/mol. The number of nitrogens with one attached hydrogen (secondary N) is 1. The van der Waals surface area contributed by atoms with Crippen molar-refractivity contribution in [2.24, 2.45) is 5.92 Å². The molecule has 0 aliphatic carbocycles. The second-order valence-electron chi connectivity index (χ2n) is 9.07. The molecule has 5 heteroatoms. The number of carbonyl (C=O) groups excluding carboxylic acids is 1. The molecule has 0 radical (unpaired) electrons. The summed E-state index contributed by atoms with van der Waals surface area (Å²) in [5, 5.41) is 3.09. The number of hydrogen-bond acceptors (Lipinski definition) is 4. The lowest BCUT2D eigenvalue weighted by Gasteiger charge is -2.41. The average Bonchev–Trinajstić information content (AvgIpc) is 2.84. The summed E-state index contributed by atoms with van der Waals surface area (Å²) in [6.45, 7) is 8.29. The monoisotopic (exact) mass is 420 g/mol. The zero-order valence-electron chi connectivity index (χ0n) is 18.8. The van der Waals surface area contributed by atoms with Gasteiger partial charge in [-0.25, -0.2) is 0 Å². The Morgan fingerprint density at radius 3 is 2.32 bits per heavy atom. The highest BCUT2D eigenvalue weighted by Gasteiger charge is 2.30. The smallest absolute Gasteiger partial charge is 0.223 e. The van der Waals surface area contributed by atoms with E-state index in [2.05, 4.69) is 51.3 Å². The molecule has 1 aromatic carbocycles. The highest BCUT2D eigenvalue weighted by molar-refractivity contribution is 5.78. The molecule has 0 bridgehead atoms. The van der Waals surface area contributed by atoms with Crippen molar-refractivity contribution in [2.75, 3.05) is 26.2 Å². The van der Waals surface area contributed by atoms with E-state index in [9.17, 15) is 4.79 Å². The number of piperidine rings is 2. The third-order valence-electron chi connectivity index (χ3n) is 7.00. The Morgan fingerprint density at radius 2 is 1.68 bits per heavy atom. The molecule has 2 aliphatic heterocycles. The molecule has 2 aliphatic rings. The number of amides is 1. The maximum absolute atomic E-state index is 12.6. The van der Waals surface area contributed by atoms with Gasteiger partial charge in [-0.15, -0.1) is 0 Å². The van der Waals surface area contributed by atoms with Crippen molar-refractivity contribution in [1.82, 2.24) is 20.1 Å². The Labute approximate surface area is 186 Å². The molecule has 2 saturated heterocycles. The first kappa shape index (κ1) is 22.0. The van der Waals surface area contributed by atoms with Gasteiger partial charge in [0.05, 0.1) is 0 Å². The summed E-state index contributed by atoms with van der Waals surface area (Å²) >= 11 is 0. The molecule has 0 spiro atoms. The van der Waals surface area contributed by atoms with Gasteiger partial charge in [-0.3, -0.25) is 14.7 Å². The second kappa shape index (κ2) is 10.9. The number of hydrogen-bond donors (Lipinski definition) is 1. The highest BCUT2D eigenvalue weighted by atomic mass is 16.1. The van der Waals surface area contributed by atoms with Crippen LogP contribution in [-0.4, -0.2) is 52.9 Å². The zero-order chi connectivity index (χ0) is 21.5. The maximum Gasteiger partial charge on any atom is 0.223 e. The molecule has 4 rings (SSSR count). The molecule has 1 N–H and O–H groups in total. The number of aryl methyl sites for hydroxylation is 1. The van der Waals surface area contributed by atoms with Gasteiger partial charge in [0.15, 0.2) is 0 Å². The van der Waals surface area contributed by atoms with Crippen molar-refractivity contribution < 1.29 is 4.79 Å². The van der Waals surface area contributed by atoms with E-state index in [1.54, 1.807) is 6.20 Å². The van der Waals surface area contributed by atoms with E-state index < -0.39 is 0 Å². The molecule has 1 aromatic heterocycles. The summed E-state index contributed by atoms with van der Waals surface area (Å²) in [4.78, 5) is 21.9. The number of rotatable bonds is 7. The fraction of sp³-hybridized carbons (Fsp3) is 0.538. The third-order valence-corrected chi connectivity index (χ3v) is 7.00. The lowest BCUT2D eigenvalue weighted by molar-refractivity contribution is -0.126. The molecule has 3 heterocycles. The van der Waals surface area contributed by atoms with Gasteiger partial charge in [0.2, 0.25) is 5.91 Å². The van der Waals surface area contributed by atoms with Crippen LogP contribution in [-0.2, 0) is 24.3 Å². The number of likely N-dealkylation sites (tertiary alicyclic amines) is 2. The number of pyridine rings is 1. The summed E-state index contributed by atoms with van der Waals surface area (Å²) in [7, 11) is 0. The first-order valence-corrected chi connectivity index (χ1v) is 11.9. The quantitative estimate of drug-likeness (QED) is 0.743. The number of carbonyl (C=O) groups is 1. The fourth-order valence-corrected chi connectivity index (χ4v) is 4.94. The lowest BCUT2D eigenvalue weighted by atomic mass is 9.92. The van der Waals surface area contributed by atoms with Crippen molar-refractivity contribution in [2.45, 2.75) is 58.2 Å². The first-order chi connectivity index (χ1) is 15.2. The first-order valence-electron chi connectivity index (χ1n) is 11.9. The summed E-state index contributed by atoms with van der Waals surface area (Å²) < 4.78 is 0. The Bertz CT molecular complexity index is 807. The highest BCUT2D eigenvalue weighted by Crippen LogP contribution is 2.25. The van der Waals surface area contributed by atoms with E-state index in [0.29, 0.717) is 12.6 Å². The topological polar surface area (TPSA) is 48.5 Å². The van der Waals surface area contributed by atoms with Crippen LogP contribution in [0.2, 0.25) is 0 Å². The van der Waals surface area contributed by atoms with Gasteiger partial charge >= 0.3 is 0 Å². The van der Waals surface area contributed by atoms with Gasteiger partial charge in [0, 0.05) is 37.4 Å². The Kier molecular flexibility index (Phi) is 7.71. The number of nitrogens with zero attached hydrogens (tertiary/aromatic N) is 3. The van der Waals surface area contributed by atoms with E-state index in [1.165, 1.54) is 37.1 Å². The van der Waals surface area contributed by atoms with Crippen molar-refractivity contribution in [3.63, 3.8) is 0 Å². The van der Waals surface area contributed by atoms with E-state index in [0.717, 1.165) is 44.5 Å². The van der Waals surface area contributed by atoms with Gasteiger partial charge in [-0.05, 0) is 81.0 Å². The molecule has 0 unspecified atom stereocenters. The molecule has 2 aromatic rings. The van der Waals surface area contributed by atoms with Crippen molar-refractivity contribution in [3.8, 4) is 0 Å². The molecule has 1 amide bonds. The van der Waals surface area contributed by atoms with Crippen LogP contribution in [0.15, 0.2) is 48.8 Å². The maximum atomic E-state index is 12.6. The van der Waals surface area contributed by atoms with Crippen molar-refractivity contribution >= 4 is 5.91 Å².